The van der Waals surface area contributed by atoms with Crippen molar-refractivity contribution in [3.05, 3.63) is 35.0 Å². The first-order chi connectivity index (χ1) is 8.58. The van der Waals surface area contributed by atoms with Gasteiger partial charge in [0, 0.05) is 11.6 Å². The van der Waals surface area contributed by atoms with Gasteiger partial charge in [0.15, 0.2) is 12.4 Å². The standard InChI is InChI=1S/C11H8N2O3S2/c14-9(15)6-13-10(16)8(18-11(13)17)4-7-2-1-3-12-5-7/h1-5H,6H2,(H,14,15)/b8-4+. The number of aliphatic carboxylic acids is 1. The molecule has 2 rings (SSSR count). The van der Waals surface area contributed by atoms with Gasteiger partial charge in [0.1, 0.15) is 4.32 Å². The Hall–Kier alpha value is -1.73. The first-order valence-electron chi connectivity index (χ1n) is 4.99. The number of carboxylic acid groups (broad SMARTS) is 1. The topological polar surface area (TPSA) is 74.6 Å². The summed E-state index contributed by atoms with van der Waals surface area (Å²) < 4.78 is 0.232. The van der Waals surface area contributed by atoms with Crippen molar-refractivity contribution in [2.24, 2.45) is 0 Å². The summed E-state index contributed by atoms with van der Waals surface area (Å²) in [5.74, 6) is -1.74. The lowest BCUT2D eigenvalue weighted by Crippen LogP contribution is -2.40. The van der Waals surface area contributed by atoms with Crippen molar-refractivity contribution >= 4 is 46.3 Å². The van der Waals surface area contributed by atoms with Gasteiger partial charge in [0.25, 0.3) is 5.91 Å². The van der Waals surface area contributed by atoms with Crippen molar-refractivity contribution in [3.8, 4) is 0 Å². The molecule has 0 aromatic carbocycles. The van der Waals surface area contributed by atoms with E-state index >= 15 is 0 Å². The maximum atomic E-state index is 11.9. The van der Waals surface area contributed by atoms with Crippen LogP contribution in [-0.2, 0) is 9.59 Å². The highest BCUT2D eigenvalue weighted by Gasteiger charge is 2.31. The Kier molecular flexibility index (Phi) is 3.73. The third-order valence-corrected chi connectivity index (χ3v) is 3.57. The van der Waals surface area contributed by atoms with E-state index in [1.54, 1.807) is 24.5 Å². The van der Waals surface area contributed by atoms with Crippen LogP contribution in [-0.4, -0.2) is 27.6 Å². The molecule has 0 spiro atoms. The van der Waals surface area contributed by atoms with Crippen molar-refractivity contribution in [2.75, 3.05) is 6.54 Å². The number of hydrogen-bond donors (Lipinski definition) is 0. The number of carbonyl (C=O) groups is 2. The number of rotatable bonds is 3. The molecule has 1 amide bonds. The van der Waals surface area contributed by atoms with Crippen LogP contribution in [0.3, 0.4) is 0 Å². The third-order valence-electron chi connectivity index (χ3n) is 2.19. The molecule has 7 heteroatoms. The fourth-order valence-electron chi connectivity index (χ4n) is 1.41. The Balaban J connectivity index is 2.23. The van der Waals surface area contributed by atoms with Crippen molar-refractivity contribution in [2.45, 2.75) is 0 Å². The average molecular weight is 280 g/mol. The lowest BCUT2D eigenvalue weighted by molar-refractivity contribution is -0.378. The van der Waals surface area contributed by atoms with E-state index in [9.17, 15) is 14.7 Å². The number of hydrogen-bond acceptors (Lipinski definition) is 5. The van der Waals surface area contributed by atoms with Gasteiger partial charge in [-0.25, -0.2) is 4.98 Å². The summed E-state index contributed by atoms with van der Waals surface area (Å²) in [5.41, 5.74) is 0.812. The van der Waals surface area contributed by atoms with Crippen molar-refractivity contribution < 1.29 is 19.7 Å². The Labute approximate surface area is 113 Å². The summed E-state index contributed by atoms with van der Waals surface area (Å²) in [6.45, 7) is -0.511. The monoisotopic (exact) mass is 280 g/mol. The number of pyridine rings is 1. The molecule has 0 radical (unpaired) electrons. The van der Waals surface area contributed by atoms with Crippen LogP contribution in [0.5, 0.6) is 0 Å². The summed E-state index contributed by atoms with van der Waals surface area (Å²) in [7, 11) is 0. The van der Waals surface area contributed by atoms with Gasteiger partial charge in [-0.15, -0.1) is 0 Å². The largest absolute Gasteiger partial charge is 0.548 e. The number of nitrogens with zero attached hydrogens (tertiary/aromatic N) is 1. The zero-order valence-corrected chi connectivity index (χ0v) is 10.7. The first-order valence-corrected chi connectivity index (χ1v) is 6.22. The predicted octanol–water partition coefficient (Wildman–Crippen LogP) is -0.548. The van der Waals surface area contributed by atoms with Gasteiger partial charge < -0.3 is 9.90 Å². The first kappa shape index (κ1) is 12.7. The molecule has 0 bridgehead atoms. The number of thiocarbonyl (C=S) groups is 1. The number of amides is 1. The van der Waals surface area contributed by atoms with Gasteiger partial charge >= 0.3 is 0 Å². The molecular formula is C11H8N2O3S2. The molecule has 1 aliphatic rings. The van der Waals surface area contributed by atoms with Crippen LogP contribution in [0.2, 0.25) is 0 Å². The Bertz CT molecular complexity index is 542. The summed E-state index contributed by atoms with van der Waals surface area (Å²) >= 11 is 6.04. The van der Waals surface area contributed by atoms with E-state index in [0.717, 1.165) is 22.2 Å². The lowest BCUT2D eigenvalue weighted by Gasteiger charge is -2.14. The normalized spacial score (nSPS) is 17.6. The molecule has 1 aliphatic heterocycles. The van der Waals surface area contributed by atoms with Crippen molar-refractivity contribution in [1.29, 1.82) is 0 Å². The van der Waals surface area contributed by atoms with E-state index in [1.165, 1.54) is 0 Å². The number of nitrogens with one attached hydrogen (secondary N) is 1. The molecule has 2 heterocycles. The Morgan fingerprint density at radius 3 is 3.00 bits per heavy atom. The molecule has 0 saturated carbocycles. The molecule has 92 valence electrons. The maximum absolute atomic E-state index is 11.9. The zero-order chi connectivity index (χ0) is 13.1. The molecule has 18 heavy (non-hydrogen) atoms. The average Bonchev–Trinajstić information content (AvgIpc) is 2.58. The number of aromatic nitrogens is 1. The van der Waals surface area contributed by atoms with Gasteiger partial charge in [-0.1, -0.05) is 24.0 Å². The SMILES string of the molecule is O=C([O-])CN1C(=O)/C(=C\c2ccc[nH+]c2)SC1=S. The minimum absolute atomic E-state index is 0.232. The third kappa shape index (κ3) is 2.74. The van der Waals surface area contributed by atoms with Crippen LogP contribution in [0.1, 0.15) is 5.56 Å². The molecular weight excluding hydrogens is 272 g/mol. The number of thioether (sulfide) groups is 1. The predicted molar refractivity (Wildman–Crippen MR) is 67.9 cm³/mol. The van der Waals surface area contributed by atoms with Crippen LogP contribution in [0.4, 0.5) is 0 Å². The van der Waals surface area contributed by atoms with E-state index in [4.69, 9.17) is 12.2 Å². The number of H-pyrrole nitrogens is 1. The molecule has 1 fully saturated rings. The second-order valence-electron chi connectivity index (χ2n) is 3.48. The highest BCUT2D eigenvalue weighted by atomic mass is 32.2. The molecule has 1 aromatic heterocycles. The van der Waals surface area contributed by atoms with Gasteiger partial charge in [-0.05, 0) is 12.1 Å². The van der Waals surface area contributed by atoms with E-state index < -0.39 is 18.4 Å². The van der Waals surface area contributed by atoms with Crippen LogP contribution < -0.4 is 10.1 Å². The van der Waals surface area contributed by atoms with Gasteiger partial charge in [0.05, 0.1) is 17.4 Å². The summed E-state index contributed by atoms with van der Waals surface area (Å²) in [6.07, 6.45) is 5.13. The number of carbonyl (C=O) groups excluding carboxylic acids is 2. The molecule has 0 unspecified atom stereocenters. The summed E-state index contributed by atoms with van der Waals surface area (Å²) in [5, 5.41) is 10.5. The fraction of sp³-hybridized carbons (Fsp3) is 0.0909. The van der Waals surface area contributed by atoms with Gasteiger partial charge in [-0.2, -0.15) is 0 Å². The number of carboxylic acids is 1. The molecule has 1 aromatic rings. The summed E-state index contributed by atoms with van der Waals surface area (Å²) in [4.78, 5) is 26.7. The molecule has 0 aliphatic carbocycles. The minimum Gasteiger partial charge on any atom is -0.548 e. The second kappa shape index (κ2) is 5.28. The molecule has 5 nitrogen and oxygen atoms in total. The van der Waals surface area contributed by atoms with Gasteiger partial charge in [0.2, 0.25) is 0 Å². The fourth-order valence-corrected chi connectivity index (χ4v) is 2.67. The quantitative estimate of drug-likeness (QED) is 0.549. The highest BCUT2D eigenvalue weighted by Crippen LogP contribution is 2.31. The summed E-state index contributed by atoms with van der Waals surface area (Å²) in [6, 6.07) is 3.62. The van der Waals surface area contributed by atoms with E-state index in [-0.39, 0.29) is 4.32 Å². The molecule has 1 N–H and O–H groups in total. The van der Waals surface area contributed by atoms with Crippen molar-refractivity contribution in [1.82, 2.24) is 4.90 Å². The van der Waals surface area contributed by atoms with Crippen molar-refractivity contribution in [3.63, 3.8) is 0 Å². The minimum atomic E-state index is -1.33. The van der Waals surface area contributed by atoms with Crippen LogP contribution in [0.15, 0.2) is 29.4 Å². The smallest absolute Gasteiger partial charge is 0.266 e. The Morgan fingerprint density at radius 1 is 1.61 bits per heavy atom. The molecule has 0 atom stereocenters. The van der Waals surface area contributed by atoms with Crippen LogP contribution >= 0.6 is 24.0 Å². The Morgan fingerprint density at radius 2 is 2.39 bits per heavy atom. The number of aromatic amines is 1. The van der Waals surface area contributed by atoms with Crippen LogP contribution in [0, 0.1) is 0 Å². The zero-order valence-electron chi connectivity index (χ0n) is 9.08. The second-order valence-corrected chi connectivity index (χ2v) is 5.15. The van der Waals surface area contributed by atoms with E-state index in [1.807, 2.05) is 6.07 Å². The lowest BCUT2D eigenvalue weighted by atomic mass is 10.2. The highest BCUT2D eigenvalue weighted by molar-refractivity contribution is 8.26. The van der Waals surface area contributed by atoms with E-state index in [2.05, 4.69) is 4.98 Å². The maximum Gasteiger partial charge on any atom is 0.266 e. The van der Waals surface area contributed by atoms with E-state index in [0.29, 0.717) is 4.91 Å². The van der Waals surface area contributed by atoms with Crippen LogP contribution in [0.25, 0.3) is 6.08 Å². The van der Waals surface area contributed by atoms with Gasteiger partial charge in [-0.3, -0.25) is 9.69 Å². The molecule has 1 saturated heterocycles.